The lowest BCUT2D eigenvalue weighted by atomic mass is 9.84. The fourth-order valence-corrected chi connectivity index (χ4v) is 4.81. The van der Waals surface area contributed by atoms with Gasteiger partial charge in [0.1, 0.15) is 0 Å². The Hall–Kier alpha value is -4.82. The molecule has 0 spiro atoms. The van der Waals surface area contributed by atoms with Gasteiger partial charge in [0.2, 0.25) is 0 Å². The topological polar surface area (TPSA) is 15.3 Å². The average Bonchev–Trinajstić information content (AvgIpc) is 2.98. The van der Waals surface area contributed by atoms with Gasteiger partial charge >= 0.3 is 0 Å². The molecule has 1 heterocycles. The van der Waals surface area contributed by atoms with Crippen LogP contribution < -0.4 is 10.4 Å². The van der Waals surface area contributed by atoms with E-state index in [1.165, 1.54) is 22.3 Å². The number of para-hydroxylation sites is 1. The summed E-state index contributed by atoms with van der Waals surface area (Å²) in [6.45, 7) is 0. The van der Waals surface area contributed by atoms with E-state index in [2.05, 4.69) is 162 Å². The maximum Gasteiger partial charge on any atom is 0.0788 e. The van der Waals surface area contributed by atoms with Crippen LogP contribution in [-0.4, -0.2) is 0 Å². The Labute approximate surface area is 212 Å². The third-order valence-corrected chi connectivity index (χ3v) is 6.43. The summed E-state index contributed by atoms with van der Waals surface area (Å²) in [4.78, 5) is 0. The molecule has 0 amide bonds. The molecule has 36 heavy (non-hydrogen) atoms. The molecule has 0 radical (unpaired) electrons. The fraction of sp³-hybridized carbons (Fsp3) is 0. The Bertz CT molecular complexity index is 1510. The maximum atomic E-state index is 3.84. The standard InChI is InChI=1S/C34H26N2/c1-6-16-26(17-7-1)31-32(27-18-8-2-9-19-27)34(29-22-12-4-13-23-29)36(30-24-14-5-15-25-30)35-33(31)28-20-10-3-11-21-28/h1-25,35H. The second kappa shape index (κ2) is 9.81. The Kier molecular flexibility index (Phi) is 5.91. The van der Waals surface area contributed by atoms with E-state index in [-0.39, 0.29) is 0 Å². The summed E-state index contributed by atoms with van der Waals surface area (Å²) in [7, 11) is 0. The fourth-order valence-electron chi connectivity index (χ4n) is 4.81. The molecule has 0 saturated heterocycles. The van der Waals surface area contributed by atoms with E-state index in [1.807, 2.05) is 0 Å². The molecule has 0 bridgehead atoms. The van der Waals surface area contributed by atoms with E-state index >= 15 is 0 Å². The first kappa shape index (κ1) is 21.7. The predicted molar refractivity (Wildman–Crippen MR) is 151 cm³/mol. The van der Waals surface area contributed by atoms with Crippen LogP contribution in [0, 0.1) is 0 Å². The molecule has 0 aromatic heterocycles. The Morgan fingerprint density at radius 3 is 1.25 bits per heavy atom. The van der Waals surface area contributed by atoms with E-state index in [4.69, 9.17) is 0 Å². The van der Waals surface area contributed by atoms with Crippen molar-refractivity contribution in [2.45, 2.75) is 0 Å². The van der Waals surface area contributed by atoms with Gasteiger partial charge < -0.3 is 0 Å². The monoisotopic (exact) mass is 462 g/mol. The number of hydrazine groups is 1. The molecule has 0 aliphatic carbocycles. The summed E-state index contributed by atoms with van der Waals surface area (Å²) in [6, 6.07) is 53.2. The zero-order valence-corrected chi connectivity index (χ0v) is 19.9. The highest BCUT2D eigenvalue weighted by molar-refractivity contribution is 6.24. The zero-order chi connectivity index (χ0) is 24.2. The quantitative estimate of drug-likeness (QED) is 0.283. The number of anilines is 1. The Morgan fingerprint density at radius 1 is 0.361 bits per heavy atom. The van der Waals surface area contributed by atoms with Crippen molar-refractivity contribution < 1.29 is 0 Å². The lowest BCUT2D eigenvalue weighted by Gasteiger charge is -2.38. The van der Waals surface area contributed by atoms with Crippen molar-refractivity contribution in [2.24, 2.45) is 0 Å². The number of allylic oxidation sites excluding steroid dienone is 2. The summed E-state index contributed by atoms with van der Waals surface area (Å²) >= 11 is 0. The average molecular weight is 463 g/mol. The van der Waals surface area contributed by atoms with Gasteiger partial charge in [0.25, 0.3) is 0 Å². The van der Waals surface area contributed by atoms with Gasteiger partial charge in [-0.1, -0.05) is 140 Å². The van der Waals surface area contributed by atoms with Crippen LogP contribution >= 0.6 is 0 Å². The van der Waals surface area contributed by atoms with Crippen LogP contribution in [0.15, 0.2) is 152 Å². The highest BCUT2D eigenvalue weighted by atomic mass is 15.5. The highest BCUT2D eigenvalue weighted by Crippen LogP contribution is 2.46. The van der Waals surface area contributed by atoms with Crippen LogP contribution in [0.3, 0.4) is 0 Å². The minimum Gasteiger partial charge on any atom is -0.293 e. The summed E-state index contributed by atoms with van der Waals surface area (Å²) < 4.78 is 0. The van der Waals surface area contributed by atoms with Crippen molar-refractivity contribution >= 4 is 28.2 Å². The van der Waals surface area contributed by atoms with Gasteiger partial charge in [0.05, 0.1) is 17.1 Å². The third-order valence-electron chi connectivity index (χ3n) is 6.43. The number of nitrogens with zero attached hydrogens (tertiary/aromatic N) is 1. The first-order chi connectivity index (χ1) is 17.9. The third kappa shape index (κ3) is 4.10. The van der Waals surface area contributed by atoms with Crippen LogP contribution in [-0.2, 0) is 0 Å². The molecule has 0 atom stereocenters. The first-order valence-corrected chi connectivity index (χ1v) is 12.2. The number of benzene rings is 5. The Balaban J connectivity index is 1.76. The molecule has 0 saturated carbocycles. The Morgan fingerprint density at radius 2 is 0.750 bits per heavy atom. The van der Waals surface area contributed by atoms with Crippen LogP contribution in [0.1, 0.15) is 22.3 Å². The minimum absolute atomic E-state index is 1.07. The van der Waals surface area contributed by atoms with Crippen molar-refractivity contribution in [1.29, 1.82) is 0 Å². The van der Waals surface area contributed by atoms with Gasteiger partial charge in [-0.15, -0.1) is 0 Å². The first-order valence-electron chi connectivity index (χ1n) is 12.2. The predicted octanol–water partition coefficient (Wildman–Crippen LogP) is 8.15. The maximum absolute atomic E-state index is 3.84. The van der Waals surface area contributed by atoms with E-state index < -0.39 is 0 Å². The number of rotatable bonds is 5. The van der Waals surface area contributed by atoms with Gasteiger partial charge in [-0.25, -0.2) is 0 Å². The van der Waals surface area contributed by atoms with E-state index in [9.17, 15) is 0 Å². The summed E-state index contributed by atoms with van der Waals surface area (Å²) in [6.07, 6.45) is 0. The molecule has 172 valence electrons. The van der Waals surface area contributed by atoms with Crippen LogP contribution in [0.4, 0.5) is 5.69 Å². The van der Waals surface area contributed by atoms with Gasteiger partial charge in [-0.3, -0.25) is 10.4 Å². The minimum atomic E-state index is 1.07. The van der Waals surface area contributed by atoms with Crippen molar-refractivity contribution in [1.82, 2.24) is 5.43 Å². The molecule has 1 aliphatic rings. The lowest BCUT2D eigenvalue weighted by Crippen LogP contribution is -2.39. The summed E-state index contributed by atoms with van der Waals surface area (Å²) in [5.41, 5.74) is 14.1. The zero-order valence-electron chi connectivity index (χ0n) is 19.9. The second-order valence-corrected chi connectivity index (χ2v) is 8.72. The molecular formula is C34H26N2. The molecule has 0 fully saturated rings. The van der Waals surface area contributed by atoms with Gasteiger partial charge in [-0.05, 0) is 23.3 Å². The number of hydrogen-bond acceptors (Lipinski definition) is 2. The molecule has 1 aliphatic heterocycles. The van der Waals surface area contributed by atoms with Crippen LogP contribution in [0.25, 0.3) is 22.5 Å². The molecular weight excluding hydrogens is 436 g/mol. The molecule has 5 aromatic carbocycles. The summed E-state index contributed by atoms with van der Waals surface area (Å²) in [5, 5.41) is 2.23. The molecule has 6 rings (SSSR count). The molecule has 2 heteroatoms. The van der Waals surface area contributed by atoms with Crippen molar-refractivity contribution in [3.8, 4) is 0 Å². The molecule has 0 unspecified atom stereocenters. The van der Waals surface area contributed by atoms with Crippen molar-refractivity contribution in [3.05, 3.63) is 174 Å². The van der Waals surface area contributed by atoms with Crippen LogP contribution in [0.5, 0.6) is 0 Å². The van der Waals surface area contributed by atoms with Crippen LogP contribution in [0.2, 0.25) is 0 Å². The smallest absolute Gasteiger partial charge is 0.0788 e. The normalized spacial score (nSPS) is 13.5. The van der Waals surface area contributed by atoms with E-state index in [1.54, 1.807) is 0 Å². The van der Waals surface area contributed by atoms with Gasteiger partial charge in [0.15, 0.2) is 0 Å². The SMILES string of the molecule is c1ccc(C2=C(c3ccccc3)C(c3ccccc3)=C(c3ccccc3)N(c3ccccc3)N2)cc1. The summed E-state index contributed by atoms with van der Waals surface area (Å²) in [5.74, 6) is 0. The lowest BCUT2D eigenvalue weighted by molar-refractivity contribution is 0.910. The molecule has 1 N–H and O–H groups in total. The second-order valence-electron chi connectivity index (χ2n) is 8.72. The number of nitrogens with one attached hydrogen (secondary N) is 1. The van der Waals surface area contributed by atoms with Gasteiger partial charge in [-0.2, -0.15) is 0 Å². The number of hydrogen-bond donors (Lipinski definition) is 1. The highest BCUT2D eigenvalue weighted by Gasteiger charge is 2.31. The van der Waals surface area contributed by atoms with Gasteiger partial charge in [0, 0.05) is 22.3 Å². The molecule has 2 nitrogen and oxygen atoms in total. The van der Waals surface area contributed by atoms with Crippen molar-refractivity contribution in [3.63, 3.8) is 0 Å². The van der Waals surface area contributed by atoms with E-state index in [0.29, 0.717) is 0 Å². The van der Waals surface area contributed by atoms with Crippen molar-refractivity contribution in [2.75, 3.05) is 5.01 Å². The van der Waals surface area contributed by atoms with E-state index in [0.717, 1.165) is 28.2 Å². The largest absolute Gasteiger partial charge is 0.293 e. The molecule has 5 aromatic rings.